The van der Waals surface area contributed by atoms with Crippen molar-refractivity contribution >= 4 is 12.0 Å². The summed E-state index contributed by atoms with van der Waals surface area (Å²) in [5.74, 6) is 0.605. The quantitative estimate of drug-likeness (QED) is 0.494. The van der Waals surface area contributed by atoms with Crippen molar-refractivity contribution in [3.63, 3.8) is 0 Å². The zero-order chi connectivity index (χ0) is 23.4. The lowest BCUT2D eigenvalue weighted by Gasteiger charge is -2.30. The maximum Gasteiger partial charge on any atom is 0.328 e. The van der Waals surface area contributed by atoms with E-state index in [1.54, 1.807) is 13.2 Å². The van der Waals surface area contributed by atoms with Gasteiger partial charge in [-0.15, -0.1) is 0 Å². The summed E-state index contributed by atoms with van der Waals surface area (Å²) in [5.41, 5.74) is 4.84. The summed E-state index contributed by atoms with van der Waals surface area (Å²) in [5, 5.41) is 9.02. The molecule has 0 bridgehead atoms. The van der Waals surface area contributed by atoms with E-state index in [1.165, 1.54) is 5.56 Å². The fourth-order valence-electron chi connectivity index (χ4n) is 3.39. The Morgan fingerprint density at radius 3 is 2.19 bits per heavy atom. The second-order valence-electron chi connectivity index (χ2n) is 9.88. The highest BCUT2D eigenvalue weighted by atomic mass is 16.5. The van der Waals surface area contributed by atoms with Crippen molar-refractivity contribution in [3.8, 4) is 22.6 Å². The monoisotopic (exact) mass is 424 g/mol. The van der Waals surface area contributed by atoms with Gasteiger partial charge >= 0.3 is 5.97 Å². The molecule has 4 nitrogen and oxygen atoms in total. The van der Waals surface area contributed by atoms with Crippen LogP contribution >= 0.6 is 0 Å². The van der Waals surface area contributed by atoms with E-state index in [4.69, 9.17) is 14.6 Å². The lowest BCUT2D eigenvalue weighted by Crippen LogP contribution is -2.19. The predicted octanol–water partition coefficient (Wildman–Crippen LogP) is 6.84. The molecule has 0 heterocycles. The number of methoxy groups -OCH3 is 1. The molecule has 2 rings (SSSR count). The Labute approximate surface area is 186 Å². The molecule has 0 fully saturated rings. The van der Waals surface area contributed by atoms with Crippen LogP contribution in [0, 0.1) is 0 Å². The topological polar surface area (TPSA) is 55.8 Å². The van der Waals surface area contributed by atoms with E-state index >= 15 is 0 Å². The molecule has 0 saturated heterocycles. The molecule has 0 radical (unpaired) electrons. The molecule has 2 aromatic carbocycles. The van der Waals surface area contributed by atoms with Gasteiger partial charge in [0.25, 0.3) is 0 Å². The molecule has 0 aliphatic carbocycles. The van der Waals surface area contributed by atoms with Gasteiger partial charge in [0.2, 0.25) is 0 Å². The number of carboxylic acid groups (broad SMARTS) is 1. The van der Waals surface area contributed by atoms with Crippen LogP contribution in [0.1, 0.15) is 71.6 Å². The highest BCUT2D eigenvalue weighted by Crippen LogP contribution is 2.45. The van der Waals surface area contributed by atoms with Crippen molar-refractivity contribution in [2.45, 2.75) is 65.7 Å². The van der Waals surface area contributed by atoms with E-state index in [1.807, 2.05) is 18.2 Å². The molecule has 0 aliphatic heterocycles. The Hall–Kier alpha value is -2.75. The Bertz CT molecular complexity index is 956. The minimum atomic E-state index is -0.978. The first-order chi connectivity index (χ1) is 14.4. The van der Waals surface area contributed by atoms with Gasteiger partial charge in [-0.2, -0.15) is 0 Å². The second-order valence-corrected chi connectivity index (χ2v) is 9.88. The van der Waals surface area contributed by atoms with Gasteiger partial charge in [0.15, 0.2) is 0 Å². The minimum absolute atomic E-state index is 0.0495. The Balaban J connectivity index is 2.90. The third-order valence-electron chi connectivity index (χ3n) is 5.15. The summed E-state index contributed by atoms with van der Waals surface area (Å²) >= 11 is 0. The number of aliphatic carboxylic acids is 1. The van der Waals surface area contributed by atoms with Crippen LogP contribution in [0.5, 0.6) is 11.5 Å². The van der Waals surface area contributed by atoms with Crippen molar-refractivity contribution in [2.75, 3.05) is 13.7 Å². The van der Waals surface area contributed by atoms with Crippen LogP contribution in [-0.4, -0.2) is 24.8 Å². The molecule has 2 aromatic rings. The van der Waals surface area contributed by atoms with Gasteiger partial charge in [0.05, 0.1) is 13.7 Å². The van der Waals surface area contributed by atoms with E-state index in [0.29, 0.717) is 6.61 Å². The van der Waals surface area contributed by atoms with Gasteiger partial charge < -0.3 is 14.6 Å². The predicted molar refractivity (Wildman–Crippen MR) is 128 cm³/mol. The number of carboxylic acids is 1. The normalized spacial score (nSPS) is 12.3. The third kappa shape index (κ3) is 6.13. The number of benzene rings is 2. The summed E-state index contributed by atoms with van der Waals surface area (Å²) in [6.45, 7) is 15.9. The Morgan fingerprint density at radius 1 is 1.00 bits per heavy atom. The molecule has 0 aromatic heterocycles. The van der Waals surface area contributed by atoms with Crippen LogP contribution < -0.4 is 9.47 Å². The van der Waals surface area contributed by atoms with Crippen LogP contribution in [-0.2, 0) is 15.6 Å². The molecule has 0 spiro atoms. The summed E-state index contributed by atoms with van der Waals surface area (Å²) < 4.78 is 12.0. The highest BCUT2D eigenvalue weighted by Gasteiger charge is 2.27. The van der Waals surface area contributed by atoms with Gasteiger partial charge in [0.1, 0.15) is 11.5 Å². The number of hydrogen-bond donors (Lipinski definition) is 1. The van der Waals surface area contributed by atoms with E-state index in [9.17, 15) is 4.79 Å². The molecule has 0 unspecified atom stereocenters. The molecule has 0 saturated carbocycles. The summed E-state index contributed by atoms with van der Waals surface area (Å²) in [6.07, 6.45) is 3.64. The van der Waals surface area contributed by atoms with E-state index in [-0.39, 0.29) is 10.8 Å². The molecule has 0 aliphatic rings. The molecule has 1 N–H and O–H groups in total. The van der Waals surface area contributed by atoms with Crippen LogP contribution in [0.25, 0.3) is 17.2 Å². The average molecular weight is 425 g/mol. The van der Waals surface area contributed by atoms with Gasteiger partial charge in [-0.1, -0.05) is 60.6 Å². The van der Waals surface area contributed by atoms with E-state index in [2.05, 4.69) is 60.6 Å². The summed E-state index contributed by atoms with van der Waals surface area (Å²) in [7, 11) is 1.65. The van der Waals surface area contributed by atoms with E-state index in [0.717, 1.165) is 46.2 Å². The fraction of sp³-hybridized carbons (Fsp3) is 0.444. The van der Waals surface area contributed by atoms with Crippen LogP contribution in [0.15, 0.2) is 36.4 Å². The van der Waals surface area contributed by atoms with Gasteiger partial charge in [0, 0.05) is 22.8 Å². The standard InChI is InChI=1S/C27H36O4/c1-9-14-31-25-21(16-19(26(2,3)4)17-22(25)27(5,6)7)20-15-18(11-13-24(28)29)10-12-23(20)30-8/h10-13,15-17H,9,14H2,1-8H3,(H,28,29)/b13-11+. The van der Waals surface area contributed by atoms with Crippen molar-refractivity contribution in [1.82, 2.24) is 0 Å². The smallest absolute Gasteiger partial charge is 0.328 e. The number of carbonyl (C=O) groups is 1. The third-order valence-corrected chi connectivity index (χ3v) is 5.15. The SMILES string of the molecule is CCCOc1c(-c2cc(/C=C/C(=O)O)ccc2OC)cc(C(C)(C)C)cc1C(C)(C)C. The molecular formula is C27H36O4. The van der Waals surface area contributed by atoms with Gasteiger partial charge in [-0.25, -0.2) is 4.79 Å². The maximum atomic E-state index is 11.0. The Morgan fingerprint density at radius 2 is 1.68 bits per heavy atom. The lowest BCUT2D eigenvalue weighted by atomic mass is 9.78. The summed E-state index contributed by atoms with van der Waals surface area (Å²) in [6, 6.07) is 10.1. The van der Waals surface area contributed by atoms with Crippen molar-refractivity contribution in [3.05, 3.63) is 53.1 Å². The number of ether oxygens (including phenoxy) is 2. The number of rotatable bonds is 7. The first kappa shape index (κ1) is 24.5. The Kier molecular flexibility index (Phi) is 7.58. The zero-order valence-corrected chi connectivity index (χ0v) is 20.1. The van der Waals surface area contributed by atoms with Crippen molar-refractivity contribution in [1.29, 1.82) is 0 Å². The highest BCUT2D eigenvalue weighted by molar-refractivity contribution is 5.86. The molecular weight excluding hydrogens is 388 g/mol. The first-order valence-corrected chi connectivity index (χ1v) is 10.8. The lowest BCUT2D eigenvalue weighted by molar-refractivity contribution is -0.131. The van der Waals surface area contributed by atoms with Crippen molar-refractivity contribution < 1.29 is 19.4 Å². The van der Waals surface area contributed by atoms with Crippen LogP contribution in [0.3, 0.4) is 0 Å². The minimum Gasteiger partial charge on any atom is -0.496 e. The average Bonchev–Trinajstić information content (AvgIpc) is 2.68. The maximum absolute atomic E-state index is 11.0. The largest absolute Gasteiger partial charge is 0.496 e. The van der Waals surface area contributed by atoms with Crippen LogP contribution in [0.2, 0.25) is 0 Å². The molecule has 0 atom stereocenters. The second kappa shape index (κ2) is 9.59. The fourth-order valence-corrected chi connectivity index (χ4v) is 3.39. The number of hydrogen-bond acceptors (Lipinski definition) is 3. The molecule has 168 valence electrons. The van der Waals surface area contributed by atoms with E-state index < -0.39 is 5.97 Å². The summed E-state index contributed by atoms with van der Waals surface area (Å²) in [4.78, 5) is 11.0. The van der Waals surface area contributed by atoms with Gasteiger partial charge in [-0.3, -0.25) is 0 Å². The van der Waals surface area contributed by atoms with Crippen molar-refractivity contribution in [2.24, 2.45) is 0 Å². The van der Waals surface area contributed by atoms with Gasteiger partial charge in [-0.05, 0) is 52.7 Å². The first-order valence-electron chi connectivity index (χ1n) is 10.8. The zero-order valence-electron chi connectivity index (χ0n) is 20.1. The molecule has 31 heavy (non-hydrogen) atoms. The molecule has 4 heteroatoms. The molecule has 0 amide bonds. The van der Waals surface area contributed by atoms with Crippen LogP contribution in [0.4, 0.5) is 0 Å².